The number of hydrogen-bond donors (Lipinski definition) is 1. The zero-order valence-corrected chi connectivity index (χ0v) is 12.7. The van der Waals surface area contributed by atoms with Crippen LogP contribution in [0.1, 0.15) is 30.0 Å². The van der Waals surface area contributed by atoms with Gasteiger partial charge in [-0.15, -0.1) is 0 Å². The Hall–Kier alpha value is -1.25. The molecular weight excluding hydrogens is 262 g/mol. The van der Waals surface area contributed by atoms with Gasteiger partial charge in [-0.1, -0.05) is 60.7 Å². The molecule has 1 fully saturated rings. The lowest BCUT2D eigenvalue weighted by Crippen LogP contribution is -2.30. The van der Waals surface area contributed by atoms with E-state index in [4.69, 9.17) is 0 Å². The molecule has 1 N–H and O–H groups in total. The van der Waals surface area contributed by atoms with Gasteiger partial charge in [0.1, 0.15) is 0 Å². The molecule has 1 aliphatic rings. The Kier molecular flexibility index (Phi) is 4.13. The predicted molar refractivity (Wildman–Crippen MR) is 88.2 cm³/mol. The minimum absolute atomic E-state index is 0.294. The Labute approximate surface area is 125 Å². The van der Waals surface area contributed by atoms with Gasteiger partial charge < -0.3 is 5.32 Å². The molecular formula is C18H21NS. The first-order chi connectivity index (χ1) is 9.83. The largest absolute Gasteiger partial charge is 0.305 e. The van der Waals surface area contributed by atoms with Gasteiger partial charge in [-0.3, -0.25) is 0 Å². The van der Waals surface area contributed by atoms with Gasteiger partial charge in [-0.25, -0.2) is 0 Å². The molecule has 1 aliphatic carbocycles. The van der Waals surface area contributed by atoms with Gasteiger partial charge >= 0.3 is 0 Å². The van der Waals surface area contributed by atoms with Gasteiger partial charge in [0.05, 0.1) is 6.04 Å². The van der Waals surface area contributed by atoms with E-state index in [1.54, 1.807) is 0 Å². The van der Waals surface area contributed by atoms with Crippen molar-refractivity contribution in [3.05, 3.63) is 71.8 Å². The SMILES string of the molecule is CSC1(CNC(c2ccccc2)c2ccccc2)CC1. The van der Waals surface area contributed by atoms with Crippen LogP contribution in [0.4, 0.5) is 0 Å². The monoisotopic (exact) mass is 283 g/mol. The third kappa shape index (κ3) is 3.08. The second kappa shape index (κ2) is 6.02. The summed E-state index contributed by atoms with van der Waals surface area (Å²) < 4.78 is 0.488. The number of nitrogens with one attached hydrogen (secondary N) is 1. The molecule has 3 rings (SSSR count). The minimum Gasteiger partial charge on any atom is -0.305 e. The summed E-state index contributed by atoms with van der Waals surface area (Å²) >= 11 is 2.01. The van der Waals surface area contributed by atoms with Gasteiger partial charge in [0.15, 0.2) is 0 Å². The highest BCUT2D eigenvalue weighted by atomic mass is 32.2. The van der Waals surface area contributed by atoms with Crippen LogP contribution in [0.3, 0.4) is 0 Å². The topological polar surface area (TPSA) is 12.0 Å². The molecule has 0 unspecified atom stereocenters. The predicted octanol–water partition coefficient (Wildman–Crippen LogP) is 4.26. The average molecular weight is 283 g/mol. The summed E-state index contributed by atoms with van der Waals surface area (Å²) in [5, 5.41) is 3.79. The normalized spacial score (nSPS) is 16.3. The van der Waals surface area contributed by atoms with E-state index >= 15 is 0 Å². The summed E-state index contributed by atoms with van der Waals surface area (Å²) in [5.41, 5.74) is 2.69. The van der Waals surface area contributed by atoms with Crippen molar-refractivity contribution in [2.75, 3.05) is 12.8 Å². The fourth-order valence-electron chi connectivity index (χ4n) is 2.60. The lowest BCUT2D eigenvalue weighted by molar-refractivity contribution is 0.590. The highest BCUT2D eigenvalue weighted by molar-refractivity contribution is 8.00. The Bertz CT molecular complexity index is 494. The Morgan fingerprint density at radius 3 is 1.85 bits per heavy atom. The maximum Gasteiger partial charge on any atom is 0.0577 e. The zero-order chi connectivity index (χ0) is 13.8. The Balaban J connectivity index is 1.81. The summed E-state index contributed by atoms with van der Waals surface area (Å²) in [6, 6.07) is 21.8. The van der Waals surface area contributed by atoms with Crippen LogP contribution in [-0.4, -0.2) is 17.5 Å². The van der Waals surface area contributed by atoms with Gasteiger partial charge in [-0.05, 0) is 30.2 Å². The van der Waals surface area contributed by atoms with Crippen LogP contribution >= 0.6 is 11.8 Å². The van der Waals surface area contributed by atoms with E-state index in [9.17, 15) is 0 Å². The van der Waals surface area contributed by atoms with Crippen molar-refractivity contribution in [3.63, 3.8) is 0 Å². The zero-order valence-electron chi connectivity index (χ0n) is 11.9. The third-order valence-electron chi connectivity index (χ3n) is 4.13. The van der Waals surface area contributed by atoms with E-state index in [1.165, 1.54) is 24.0 Å². The molecule has 0 amide bonds. The first-order valence-electron chi connectivity index (χ1n) is 7.21. The summed E-state index contributed by atoms with van der Waals surface area (Å²) in [6.07, 6.45) is 4.92. The molecule has 0 bridgehead atoms. The van der Waals surface area contributed by atoms with Crippen LogP contribution in [0, 0.1) is 0 Å². The van der Waals surface area contributed by atoms with Crippen molar-refractivity contribution in [2.45, 2.75) is 23.6 Å². The van der Waals surface area contributed by atoms with Crippen LogP contribution in [0.25, 0.3) is 0 Å². The lowest BCUT2D eigenvalue weighted by Gasteiger charge is -2.23. The summed E-state index contributed by atoms with van der Waals surface area (Å²) in [6.45, 7) is 1.09. The number of benzene rings is 2. The van der Waals surface area contributed by atoms with E-state index in [0.29, 0.717) is 10.8 Å². The highest BCUT2D eigenvalue weighted by Gasteiger charge is 2.41. The quantitative estimate of drug-likeness (QED) is 0.850. The summed E-state index contributed by atoms with van der Waals surface area (Å²) in [5.74, 6) is 0. The fraction of sp³-hybridized carbons (Fsp3) is 0.333. The average Bonchev–Trinajstić information content (AvgIpc) is 3.30. The number of hydrogen-bond acceptors (Lipinski definition) is 2. The van der Waals surface area contributed by atoms with Gasteiger partial charge in [0.2, 0.25) is 0 Å². The molecule has 2 aromatic carbocycles. The van der Waals surface area contributed by atoms with Crippen LogP contribution in [0.2, 0.25) is 0 Å². The van der Waals surface area contributed by atoms with Crippen LogP contribution < -0.4 is 5.32 Å². The molecule has 0 spiro atoms. The third-order valence-corrected chi connectivity index (χ3v) is 5.55. The molecule has 0 atom stereocenters. The Morgan fingerprint density at radius 2 is 1.45 bits per heavy atom. The van der Waals surface area contributed by atoms with Crippen molar-refractivity contribution < 1.29 is 0 Å². The molecule has 1 saturated carbocycles. The van der Waals surface area contributed by atoms with Crippen molar-refractivity contribution in [1.82, 2.24) is 5.32 Å². The highest BCUT2D eigenvalue weighted by Crippen LogP contribution is 2.46. The second-order valence-corrected chi connectivity index (χ2v) is 6.80. The maximum atomic E-state index is 3.79. The molecule has 0 radical (unpaired) electrons. The molecule has 20 heavy (non-hydrogen) atoms. The van der Waals surface area contributed by atoms with Gasteiger partial charge in [0, 0.05) is 11.3 Å². The van der Waals surface area contributed by atoms with Crippen molar-refractivity contribution >= 4 is 11.8 Å². The molecule has 0 saturated heterocycles. The van der Waals surface area contributed by atoms with Crippen molar-refractivity contribution in [3.8, 4) is 0 Å². The Morgan fingerprint density at radius 1 is 0.950 bits per heavy atom. The second-order valence-electron chi connectivity index (χ2n) is 5.52. The maximum absolute atomic E-state index is 3.79. The lowest BCUT2D eigenvalue weighted by atomic mass is 9.98. The molecule has 104 valence electrons. The minimum atomic E-state index is 0.294. The molecule has 0 aliphatic heterocycles. The van der Waals surface area contributed by atoms with Crippen LogP contribution in [0.15, 0.2) is 60.7 Å². The molecule has 0 heterocycles. The number of thioether (sulfide) groups is 1. The molecule has 1 nitrogen and oxygen atoms in total. The first kappa shape index (κ1) is 13.7. The van der Waals surface area contributed by atoms with E-state index < -0.39 is 0 Å². The van der Waals surface area contributed by atoms with Gasteiger partial charge in [0.25, 0.3) is 0 Å². The first-order valence-corrected chi connectivity index (χ1v) is 8.44. The smallest absolute Gasteiger partial charge is 0.0577 e. The van der Waals surface area contributed by atoms with Crippen molar-refractivity contribution in [2.24, 2.45) is 0 Å². The standard InChI is InChI=1S/C18H21NS/c1-20-18(12-13-18)14-19-17(15-8-4-2-5-9-15)16-10-6-3-7-11-16/h2-11,17,19H,12-14H2,1H3. The van der Waals surface area contributed by atoms with E-state index in [2.05, 4.69) is 72.2 Å². The van der Waals surface area contributed by atoms with Crippen LogP contribution in [0.5, 0.6) is 0 Å². The van der Waals surface area contributed by atoms with Gasteiger partial charge in [-0.2, -0.15) is 11.8 Å². The fourth-order valence-corrected chi connectivity index (χ4v) is 3.34. The molecule has 0 aromatic heterocycles. The number of rotatable bonds is 6. The molecule has 2 aromatic rings. The molecule has 2 heteroatoms. The summed E-state index contributed by atoms with van der Waals surface area (Å²) in [4.78, 5) is 0. The van der Waals surface area contributed by atoms with Crippen LogP contribution in [-0.2, 0) is 0 Å². The summed E-state index contributed by atoms with van der Waals surface area (Å²) in [7, 11) is 0. The van der Waals surface area contributed by atoms with E-state index in [0.717, 1.165) is 6.54 Å². The van der Waals surface area contributed by atoms with E-state index in [-0.39, 0.29) is 0 Å². The van der Waals surface area contributed by atoms with E-state index in [1.807, 2.05) is 11.8 Å². The van der Waals surface area contributed by atoms with Crippen molar-refractivity contribution in [1.29, 1.82) is 0 Å².